The number of anilines is 2. The zero-order valence-electron chi connectivity index (χ0n) is 19.9. The molecule has 2 N–H and O–H groups in total. The Morgan fingerprint density at radius 3 is 2.75 bits per heavy atom. The Bertz CT molecular complexity index is 1370. The molecule has 2 aromatic carbocycles. The molecule has 1 spiro atoms. The van der Waals surface area contributed by atoms with Crippen molar-refractivity contribution in [2.75, 3.05) is 23.8 Å². The van der Waals surface area contributed by atoms with Gasteiger partial charge in [-0.2, -0.15) is 0 Å². The molecule has 1 aliphatic carbocycles. The van der Waals surface area contributed by atoms with E-state index in [1.165, 1.54) is 0 Å². The monoisotopic (exact) mass is 482 g/mol. The summed E-state index contributed by atoms with van der Waals surface area (Å²) in [4.78, 5) is 44.8. The quantitative estimate of drug-likeness (QED) is 0.596. The van der Waals surface area contributed by atoms with Crippen LogP contribution in [-0.2, 0) is 37.4 Å². The summed E-state index contributed by atoms with van der Waals surface area (Å²) >= 11 is 0. The van der Waals surface area contributed by atoms with Crippen LogP contribution in [0.25, 0.3) is 0 Å². The number of morpholine rings is 1. The highest BCUT2D eigenvalue weighted by Crippen LogP contribution is 2.46. The van der Waals surface area contributed by atoms with Crippen LogP contribution in [0.4, 0.5) is 11.5 Å². The van der Waals surface area contributed by atoms with Crippen molar-refractivity contribution in [1.29, 1.82) is 0 Å². The van der Waals surface area contributed by atoms with Crippen LogP contribution in [0.5, 0.6) is 0 Å². The van der Waals surface area contributed by atoms with Gasteiger partial charge in [-0.3, -0.25) is 14.4 Å². The minimum Gasteiger partial charge on any atom is -0.366 e. The number of nitrogens with one attached hydrogen (secondary N) is 2. The summed E-state index contributed by atoms with van der Waals surface area (Å²) in [6, 6.07) is 18.8. The van der Waals surface area contributed by atoms with E-state index in [4.69, 9.17) is 4.74 Å². The molecule has 1 saturated heterocycles. The van der Waals surface area contributed by atoms with Crippen LogP contribution in [0.1, 0.15) is 35.2 Å². The molecule has 182 valence electrons. The number of carbonyl (C=O) groups excluding carboxylic acids is 3. The third-order valence-corrected chi connectivity index (χ3v) is 7.47. The standard InChI is InChI=1S/C28H26N4O4/c1-17-26(34)32(23(16-36-17)18-6-3-2-4-7-18)15-24(33)30-21-10-9-19-13-28(14-20(19)12-21)22-8-5-11-29-25(22)31-27(28)35/h2-12,17,23H,13-16H2,1H3,(H,30,33)(H,29,31,35)/t17-,23-,28+/m0/s1. The van der Waals surface area contributed by atoms with Crippen LogP contribution in [0, 0.1) is 0 Å². The van der Waals surface area contributed by atoms with E-state index < -0.39 is 11.5 Å². The first kappa shape index (κ1) is 22.4. The number of pyridine rings is 1. The second-order valence-electron chi connectivity index (χ2n) is 9.69. The smallest absolute Gasteiger partial charge is 0.252 e. The van der Waals surface area contributed by atoms with Crippen LogP contribution < -0.4 is 10.6 Å². The second-order valence-corrected chi connectivity index (χ2v) is 9.69. The van der Waals surface area contributed by atoms with Gasteiger partial charge in [0.2, 0.25) is 11.8 Å². The van der Waals surface area contributed by atoms with E-state index >= 15 is 0 Å². The molecule has 6 rings (SSSR count). The molecule has 0 bridgehead atoms. The predicted molar refractivity (Wildman–Crippen MR) is 133 cm³/mol. The number of aromatic nitrogens is 1. The molecular weight excluding hydrogens is 456 g/mol. The van der Waals surface area contributed by atoms with E-state index in [2.05, 4.69) is 15.6 Å². The molecule has 3 atom stereocenters. The average Bonchev–Trinajstić information content (AvgIpc) is 3.40. The second kappa shape index (κ2) is 8.57. The van der Waals surface area contributed by atoms with Gasteiger partial charge in [0, 0.05) is 17.4 Å². The van der Waals surface area contributed by atoms with E-state index in [0.717, 1.165) is 22.3 Å². The van der Waals surface area contributed by atoms with E-state index in [0.29, 0.717) is 31.0 Å². The molecule has 1 fully saturated rings. The maximum Gasteiger partial charge on any atom is 0.252 e. The van der Waals surface area contributed by atoms with Crippen LogP contribution in [0.15, 0.2) is 66.9 Å². The fourth-order valence-electron chi connectivity index (χ4n) is 5.62. The first-order valence-electron chi connectivity index (χ1n) is 12.1. The summed E-state index contributed by atoms with van der Waals surface area (Å²) in [6.07, 6.45) is 2.23. The number of hydrogen-bond acceptors (Lipinski definition) is 5. The number of ether oxygens (including phenoxy) is 1. The van der Waals surface area contributed by atoms with E-state index in [1.54, 1.807) is 18.0 Å². The molecule has 1 aromatic heterocycles. The van der Waals surface area contributed by atoms with Gasteiger partial charge >= 0.3 is 0 Å². The summed E-state index contributed by atoms with van der Waals surface area (Å²) in [7, 11) is 0. The molecule has 0 unspecified atom stereocenters. The lowest BCUT2D eigenvalue weighted by Gasteiger charge is -2.38. The van der Waals surface area contributed by atoms with Crippen LogP contribution in [0.2, 0.25) is 0 Å². The SMILES string of the molecule is C[C@@H]1OC[C@@H](c2ccccc2)N(CC(=O)Nc2ccc3c(c2)C[C@@]2(C3)C(=O)Nc3ncccc32)C1=O. The van der Waals surface area contributed by atoms with Crippen molar-refractivity contribution in [2.24, 2.45) is 0 Å². The number of hydrogen-bond donors (Lipinski definition) is 2. The van der Waals surface area contributed by atoms with Gasteiger partial charge in [-0.15, -0.1) is 0 Å². The molecular formula is C28H26N4O4. The summed E-state index contributed by atoms with van der Waals surface area (Å²) in [5, 5.41) is 5.86. The number of rotatable bonds is 4. The van der Waals surface area contributed by atoms with Gasteiger partial charge in [0.25, 0.3) is 5.91 Å². The Hall–Kier alpha value is -4.04. The molecule has 3 amide bonds. The normalized spacial score (nSPS) is 24.4. The Morgan fingerprint density at radius 2 is 1.92 bits per heavy atom. The fourth-order valence-corrected chi connectivity index (χ4v) is 5.62. The number of nitrogens with zero attached hydrogens (tertiary/aromatic N) is 2. The highest BCUT2D eigenvalue weighted by molar-refractivity contribution is 6.06. The first-order valence-corrected chi connectivity index (χ1v) is 12.1. The van der Waals surface area contributed by atoms with Crippen molar-refractivity contribution in [2.45, 2.75) is 37.3 Å². The molecule has 2 aliphatic heterocycles. The maximum absolute atomic E-state index is 13.1. The summed E-state index contributed by atoms with van der Waals surface area (Å²) in [5.74, 6) is 0.103. The van der Waals surface area contributed by atoms with Crippen LogP contribution in [0.3, 0.4) is 0 Å². The van der Waals surface area contributed by atoms with Crippen molar-refractivity contribution >= 4 is 29.2 Å². The molecule has 3 heterocycles. The Kier molecular flexibility index (Phi) is 5.34. The van der Waals surface area contributed by atoms with Gasteiger partial charge in [-0.05, 0) is 54.7 Å². The molecule has 8 nitrogen and oxygen atoms in total. The minimum absolute atomic E-state index is 0.0371. The number of benzene rings is 2. The van der Waals surface area contributed by atoms with E-state index in [-0.39, 0.29) is 30.3 Å². The van der Waals surface area contributed by atoms with Gasteiger partial charge in [0.1, 0.15) is 18.5 Å². The van der Waals surface area contributed by atoms with Gasteiger partial charge in [-0.25, -0.2) is 4.98 Å². The van der Waals surface area contributed by atoms with E-state index in [1.807, 2.05) is 60.7 Å². The average molecular weight is 483 g/mol. The van der Waals surface area contributed by atoms with Crippen LogP contribution >= 0.6 is 0 Å². The zero-order chi connectivity index (χ0) is 24.9. The van der Waals surface area contributed by atoms with Gasteiger partial charge in [0.15, 0.2) is 0 Å². The van der Waals surface area contributed by atoms with Crippen molar-refractivity contribution in [3.8, 4) is 0 Å². The largest absolute Gasteiger partial charge is 0.366 e. The fraction of sp³-hybridized carbons (Fsp3) is 0.286. The summed E-state index contributed by atoms with van der Waals surface area (Å²) in [5.41, 5.74) is 3.94. The lowest BCUT2D eigenvalue weighted by molar-refractivity contribution is -0.159. The van der Waals surface area contributed by atoms with Gasteiger partial charge < -0.3 is 20.3 Å². The van der Waals surface area contributed by atoms with Gasteiger partial charge in [-0.1, -0.05) is 42.5 Å². The first-order chi connectivity index (χ1) is 17.4. The van der Waals surface area contributed by atoms with Crippen molar-refractivity contribution in [3.63, 3.8) is 0 Å². The van der Waals surface area contributed by atoms with Crippen molar-refractivity contribution < 1.29 is 19.1 Å². The molecule has 8 heteroatoms. The number of fused-ring (bicyclic) bond motifs is 3. The lowest BCUT2D eigenvalue weighted by atomic mass is 9.79. The number of amides is 3. The molecule has 3 aliphatic rings. The van der Waals surface area contributed by atoms with Gasteiger partial charge in [0.05, 0.1) is 18.1 Å². The Morgan fingerprint density at radius 1 is 1.11 bits per heavy atom. The maximum atomic E-state index is 13.1. The van der Waals surface area contributed by atoms with Crippen molar-refractivity contribution in [3.05, 3.63) is 89.1 Å². The highest BCUT2D eigenvalue weighted by atomic mass is 16.5. The highest BCUT2D eigenvalue weighted by Gasteiger charge is 2.51. The molecule has 36 heavy (non-hydrogen) atoms. The minimum atomic E-state index is -0.659. The molecule has 3 aromatic rings. The Labute approximate surface area is 208 Å². The Balaban J connectivity index is 1.19. The van der Waals surface area contributed by atoms with Crippen LogP contribution in [-0.4, -0.2) is 46.9 Å². The topological polar surface area (TPSA) is 101 Å². The third-order valence-electron chi connectivity index (χ3n) is 7.47. The summed E-state index contributed by atoms with van der Waals surface area (Å²) in [6.45, 7) is 1.97. The van der Waals surface area contributed by atoms with Crippen molar-refractivity contribution in [1.82, 2.24) is 9.88 Å². The number of carbonyl (C=O) groups is 3. The molecule has 0 saturated carbocycles. The zero-order valence-corrected chi connectivity index (χ0v) is 19.9. The predicted octanol–water partition coefficient (Wildman–Crippen LogP) is 3.00. The van der Waals surface area contributed by atoms with E-state index in [9.17, 15) is 14.4 Å². The molecule has 0 radical (unpaired) electrons. The summed E-state index contributed by atoms with van der Waals surface area (Å²) < 4.78 is 5.66. The lowest BCUT2D eigenvalue weighted by Crippen LogP contribution is -2.51. The third kappa shape index (κ3) is 3.65.